The van der Waals surface area contributed by atoms with Gasteiger partial charge in [-0.2, -0.15) is 0 Å². The van der Waals surface area contributed by atoms with Crippen LogP contribution in [0.15, 0.2) is 18.7 Å². The summed E-state index contributed by atoms with van der Waals surface area (Å²) >= 11 is 0. The molecule has 0 saturated heterocycles. The highest BCUT2D eigenvalue weighted by Crippen LogP contribution is 2.23. The highest BCUT2D eigenvalue weighted by atomic mass is 16.6. The summed E-state index contributed by atoms with van der Waals surface area (Å²) in [6.07, 6.45) is 39.9. The Hall–Kier alpha value is -2.58. The molecule has 1 N–H and O–H groups in total. The van der Waals surface area contributed by atoms with Crippen LogP contribution in [0.5, 0.6) is 0 Å². The molecule has 1 heterocycles. The summed E-state index contributed by atoms with van der Waals surface area (Å²) < 4.78 is 19.1. The first-order valence-corrected chi connectivity index (χ1v) is 23.7. The number of aryl methyl sites for hydroxylation is 1. The van der Waals surface area contributed by atoms with E-state index in [2.05, 4.69) is 31.1 Å². The summed E-state index contributed by atoms with van der Waals surface area (Å²) in [5, 5.41) is 2.90. The van der Waals surface area contributed by atoms with Crippen LogP contribution in [0.2, 0.25) is 0 Å². The Kier molecular flexibility index (Phi) is 36.1. The van der Waals surface area contributed by atoms with Crippen molar-refractivity contribution in [3.63, 3.8) is 0 Å². The number of imidazole rings is 1. The van der Waals surface area contributed by atoms with Crippen molar-refractivity contribution in [1.82, 2.24) is 14.9 Å². The molecular weight excluding hydrogens is 703 g/mol. The zero-order valence-corrected chi connectivity index (χ0v) is 36.7. The van der Waals surface area contributed by atoms with Gasteiger partial charge in [-0.05, 0) is 50.9 Å². The van der Waals surface area contributed by atoms with Crippen LogP contribution in [0.1, 0.15) is 226 Å². The molecule has 0 saturated carbocycles. The summed E-state index contributed by atoms with van der Waals surface area (Å²) in [5.41, 5.74) is 0. The van der Waals surface area contributed by atoms with E-state index in [9.17, 15) is 14.4 Å². The van der Waals surface area contributed by atoms with Crippen LogP contribution in [-0.4, -0.2) is 53.4 Å². The number of carbonyl (C=O) groups excluding carboxylic acids is 3. The number of hydrogen-bond donors (Lipinski definition) is 1. The van der Waals surface area contributed by atoms with Crippen LogP contribution < -0.4 is 5.32 Å². The van der Waals surface area contributed by atoms with E-state index in [-0.39, 0.29) is 24.6 Å². The lowest BCUT2D eigenvalue weighted by Crippen LogP contribution is -2.31. The van der Waals surface area contributed by atoms with Gasteiger partial charge in [-0.25, -0.2) is 9.78 Å². The van der Waals surface area contributed by atoms with Crippen LogP contribution in [0, 0.1) is 5.92 Å². The van der Waals surface area contributed by atoms with E-state index in [0.29, 0.717) is 38.3 Å². The second-order valence-electron chi connectivity index (χ2n) is 16.3. The molecule has 1 aromatic heterocycles. The first-order chi connectivity index (χ1) is 27.5. The first-order valence-electron chi connectivity index (χ1n) is 23.7. The van der Waals surface area contributed by atoms with Crippen LogP contribution in [0.4, 0.5) is 4.79 Å². The third-order valence-corrected chi connectivity index (χ3v) is 11.0. The van der Waals surface area contributed by atoms with Crippen LogP contribution >= 0.6 is 0 Å². The van der Waals surface area contributed by atoms with E-state index < -0.39 is 6.09 Å². The minimum absolute atomic E-state index is 0.0451. The molecular formula is C47H87N3O6. The number of rotatable bonds is 41. The maximum atomic E-state index is 13.0. The van der Waals surface area contributed by atoms with Gasteiger partial charge in [0.05, 0.1) is 19.5 Å². The first kappa shape index (κ1) is 51.4. The molecule has 0 aliphatic carbocycles. The fraction of sp³-hybridized carbons (Fsp3) is 0.872. The summed E-state index contributed by atoms with van der Waals surface area (Å²) in [7, 11) is 0. The number of alkyl carbamates (subject to hydrolysis) is 1. The van der Waals surface area contributed by atoms with Crippen molar-refractivity contribution in [3.8, 4) is 0 Å². The fourth-order valence-corrected chi connectivity index (χ4v) is 7.37. The number of unbranched alkanes of at least 4 members (excludes halogenated alkanes) is 21. The van der Waals surface area contributed by atoms with Gasteiger partial charge in [-0.15, -0.1) is 0 Å². The van der Waals surface area contributed by atoms with Gasteiger partial charge in [-0.3, -0.25) is 9.59 Å². The van der Waals surface area contributed by atoms with Crippen molar-refractivity contribution >= 4 is 18.0 Å². The van der Waals surface area contributed by atoms with Crippen molar-refractivity contribution in [1.29, 1.82) is 0 Å². The summed E-state index contributed by atoms with van der Waals surface area (Å²) in [5.74, 6) is 0.245. The maximum Gasteiger partial charge on any atom is 0.407 e. The van der Waals surface area contributed by atoms with Gasteiger partial charge in [0.25, 0.3) is 0 Å². The van der Waals surface area contributed by atoms with Gasteiger partial charge in [0.1, 0.15) is 6.10 Å². The van der Waals surface area contributed by atoms with Crippen LogP contribution in [-0.2, 0) is 30.3 Å². The summed E-state index contributed by atoms with van der Waals surface area (Å²) in [4.78, 5) is 41.7. The zero-order chi connectivity index (χ0) is 40.6. The molecule has 326 valence electrons. The van der Waals surface area contributed by atoms with E-state index >= 15 is 0 Å². The number of hydrogen-bond acceptors (Lipinski definition) is 7. The average Bonchev–Trinajstić information content (AvgIpc) is 3.71. The monoisotopic (exact) mass is 790 g/mol. The largest absolute Gasteiger partial charge is 0.466 e. The molecule has 56 heavy (non-hydrogen) atoms. The molecule has 0 radical (unpaired) electrons. The zero-order valence-electron chi connectivity index (χ0n) is 36.7. The Morgan fingerprint density at radius 1 is 0.571 bits per heavy atom. The molecule has 9 nitrogen and oxygen atoms in total. The molecule has 1 unspecified atom stereocenters. The number of nitrogens with one attached hydrogen (secondary N) is 1. The van der Waals surface area contributed by atoms with E-state index in [0.717, 1.165) is 83.6 Å². The van der Waals surface area contributed by atoms with Gasteiger partial charge < -0.3 is 24.1 Å². The Morgan fingerprint density at radius 3 is 1.66 bits per heavy atom. The lowest BCUT2D eigenvalue weighted by Gasteiger charge is -2.19. The summed E-state index contributed by atoms with van der Waals surface area (Å²) in [6, 6.07) is 0. The molecule has 0 fully saturated rings. The SMILES string of the molecule is CCCCCCCCC(CCCCCCCC)CC(=O)OCCC(CCCCCCCCCCOC(=O)CCCCCCC)OC(=O)NCCCn1ccnc1. The van der Waals surface area contributed by atoms with Crippen molar-refractivity contribution in [2.24, 2.45) is 5.92 Å². The molecule has 1 amide bonds. The molecule has 0 aliphatic rings. The van der Waals surface area contributed by atoms with Gasteiger partial charge in [0.15, 0.2) is 0 Å². The number of amides is 1. The van der Waals surface area contributed by atoms with Crippen LogP contribution in [0.3, 0.4) is 0 Å². The predicted molar refractivity (Wildman–Crippen MR) is 231 cm³/mol. The molecule has 1 aromatic rings. The standard InChI is InChI=1S/C47H87N3O6/c1-4-7-10-13-20-24-30-43(31-25-21-14-11-8-5-2)41-46(52)55-40-34-44(56-47(53)49-35-29-37-50-38-36-48-42-50)32-26-22-17-15-16-18-23-28-39-54-45(51)33-27-19-12-9-6-3/h36,38,42-44H,4-35,37,39-41H2,1-3H3,(H,49,53). The minimum atomic E-state index is -0.400. The molecule has 0 aliphatic heterocycles. The third-order valence-electron chi connectivity index (χ3n) is 11.0. The van der Waals surface area contributed by atoms with E-state index in [4.69, 9.17) is 14.2 Å². The van der Waals surface area contributed by atoms with Gasteiger partial charge in [0.2, 0.25) is 0 Å². The van der Waals surface area contributed by atoms with E-state index in [1.807, 2.05) is 10.8 Å². The van der Waals surface area contributed by atoms with Crippen LogP contribution in [0.25, 0.3) is 0 Å². The molecule has 0 aromatic carbocycles. The molecule has 0 spiro atoms. The van der Waals surface area contributed by atoms with Crippen molar-refractivity contribution in [2.45, 2.75) is 239 Å². The average molecular weight is 790 g/mol. The number of aromatic nitrogens is 2. The Morgan fingerprint density at radius 2 is 1.09 bits per heavy atom. The van der Waals surface area contributed by atoms with Gasteiger partial charge >= 0.3 is 18.0 Å². The molecule has 0 bridgehead atoms. The van der Waals surface area contributed by atoms with Gasteiger partial charge in [-0.1, -0.05) is 162 Å². The molecule has 9 heteroatoms. The number of esters is 2. The topological polar surface area (TPSA) is 109 Å². The highest BCUT2D eigenvalue weighted by Gasteiger charge is 2.18. The number of nitrogens with zero attached hydrogens (tertiary/aromatic N) is 2. The van der Waals surface area contributed by atoms with Crippen molar-refractivity contribution in [2.75, 3.05) is 19.8 Å². The van der Waals surface area contributed by atoms with Crippen molar-refractivity contribution < 1.29 is 28.6 Å². The number of carbonyl (C=O) groups is 3. The Labute approximate surface area is 344 Å². The second kappa shape index (κ2) is 39.3. The maximum absolute atomic E-state index is 13.0. The predicted octanol–water partition coefficient (Wildman–Crippen LogP) is 13.2. The Balaban J connectivity index is 2.41. The smallest absolute Gasteiger partial charge is 0.407 e. The second-order valence-corrected chi connectivity index (χ2v) is 16.3. The fourth-order valence-electron chi connectivity index (χ4n) is 7.37. The van der Waals surface area contributed by atoms with E-state index in [1.54, 1.807) is 12.5 Å². The summed E-state index contributed by atoms with van der Waals surface area (Å²) in [6.45, 7) is 8.84. The highest BCUT2D eigenvalue weighted by molar-refractivity contribution is 5.70. The van der Waals surface area contributed by atoms with Crippen molar-refractivity contribution in [3.05, 3.63) is 18.7 Å². The normalized spacial score (nSPS) is 11.9. The third kappa shape index (κ3) is 33.5. The van der Waals surface area contributed by atoms with E-state index in [1.165, 1.54) is 109 Å². The lowest BCUT2D eigenvalue weighted by molar-refractivity contribution is -0.146. The molecule has 1 rings (SSSR count). The Bertz CT molecular complexity index is 1000. The quantitative estimate of drug-likeness (QED) is 0.0400. The number of ether oxygens (including phenoxy) is 3. The van der Waals surface area contributed by atoms with Gasteiger partial charge in [0, 0.05) is 44.7 Å². The minimum Gasteiger partial charge on any atom is -0.466 e. The molecule has 1 atom stereocenters. The lowest BCUT2D eigenvalue weighted by atomic mass is 9.91.